The lowest BCUT2D eigenvalue weighted by Crippen LogP contribution is -2.13. The number of nitriles is 1. The Kier molecular flexibility index (Phi) is 2.51. The zero-order valence-electron chi connectivity index (χ0n) is 7.26. The van der Waals surface area contributed by atoms with Gasteiger partial charge < -0.3 is 4.74 Å². The smallest absolute Gasteiger partial charge is 0.173 e. The Bertz CT molecular complexity index is 165. The largest absolute Gasteiger partial charge is 0.350 e. The van der Waals surface area contributed by atoms with E-state index in [9.17, 15) is 0 Å². The SMILES string of the molecule is CCCC1(CCC)O[C@@H]1C#N. The standard InChI is InChI=1S/C9H15NO/c1-3-5-9(6-4-2)8(7-10)11-9/h8H,3-6H2,1-2H3/t8-/m1/s1. The molecular formula is C9H15NO. The van der Waals surface area contributed by atoms with Gasteiger partial charge in [0.25, 0.3) is 0 Å². The van der Waals surface area contributed by atoms with Gasteiger partial charge in [-0.2, -0.15) is 5.26 Å². The van der Waals surface area contributed by atoms with Crippen LogP contribution in [0, 0.1) is 11.3 Å². The average molecular weight is 153 g/mol. The summed E-state index contributed by atoms with van der Waals surface area (Å²) in [6, 6.07) is 2.18. The molecule has 62 valence electrons. The summed E-state index contributed by atoms with van der Waals surface area (Å²) in [7, 11) is 0. The Balaban J connectivity index is 2.43. The molecular weight excluding hydrogens is 138 g/mol. The number of hydrogen-bond donors (Lipinski definition) is 0. The van der Waals surface area contributed by atoms with Gasteiger partial charge in [0.1, 0.15) is 5.60 Å². The fraction of sp³-hybridized carbons (Fsp3) is 0.889. The van der Waals surface area contributed by atoms with Crippen LogP contribution in [-0.2, 0) is 4.74 Å². The molecule has 2 nitrogen and oxygen atoms in total. The lowest BCUT2D eigenvalue weighted by atomic mass is 9.95. The molecule has 1 heterocycles. The summed E-state index contributed by atoms with van der Waals surface area (Å²) >= 11 is 0. The highest BCUT2D eigenvalue weighted by atomic mass is 16.6. The van der Waals surface area contributed by atoms with Crippen molar-refractivity contribution in [1.29, 1.82) is 5.26 Å². The van der Waals surface area contributed by atoms with Crippen LogP contribution in [0.2, 0.25) is 0 Å². The monoisotopic (exact) mass is 153 g/mol. The summed E-state index contributed by atoms with van der Waals surface area (Å²) in [5.41, 5.74) is -0.0434. The van der Waals surface area contributed by atoms with Crippen molar-refractivity contribution in [1.82, 2.24) is 0 Å². The topological polar surface area (TPSA) is 36.3 Å². The molecule has 11 heavy (non-hydrogen) atoms. The number of rotatable bonds is 4. The summed E-state index contributed by atoms with van der Waals surface area (Å²) in [6.07, 6.45) is 4.19. The molecule has 0 aromatic heterocycles. The number of epoxide rings is 1. The van der Waals surface area contributed by atoms with Crippen LogP contribution in [0.3, 0.4) is 0 Å². The molecule has 0 aromatic rings. The van der Waals surface area contributed by atoms with Gasteiger partial charge in [0.05, 0.1) is 6.07 Å². The molecule has 0 amide bonds. The highest BCUT2D eigenvalue weighted by Crippen LogP contribution is 2.43. The predicted octanol–water partition coefficient (Wildman–Crippen LogP) is 2.25. The number of ether oxygens (including phenoxy) is 1. The Morgan fingerprint density at radius 2 is 1.91 bits per heavy atom. The summed E-state index contributed by atoms with van der Waals surface area (Å²) in [5, 5.41) is 8.62. The van der Waals surface area contributed by atoms with Gasteiger partial charge in [0.15, 0.2) is 6.10 Å². The fourth-order valence-electron chi connectivity index (χ4n) is 1.70. The summed E-state index contributed by atoms with van der Waals surface area (Å²) < 4.78 is 5.37. The van der Waals surface area contributed by atoms with Crippen molar-refractivity contribution >= 4 is 0 Å². The molecule has 1 aliphatic heterocycles. The molecule has 0 aliphatic carbocycles. The molecule has 1 aliphatic rings. The van der Waals surface area contributed by atoms with Gasteiger partial charge in [-0.3, -0.25) is 0 Å². The Hall–Kier alpha value is -0.550. The second-order valence-corrected chi connectivity index (χ2v) is 3.19. The summed E-state index contributed by atoms with van der Waals surface area (Å²) in [5.74, 6) is 0. The van der Waals surface area contributed by atoms with Crippen molar-refractivity contribution in [3.05, 3.63) is 0 Å². The van der Waals surface area contributed by atoms with Crippen LogP contribution >= 0.6 is 0 Å². The van der Waals surface area contributed by atoms with Crippen molar-refractivity contribution < 1.29 is 4.74 Å². The van der Waals surface area contributed by atoms with Crippen molar-refractivity contribution in [3.63, 3.8) is 0 Å². The van der Waals surface area contributed by atoms with E-state index in [1.54, 1.807) is 0 Å². The second kappa shape index (κ2) is 3.23. The van der Waals surface area contributed by atoms with E-state index in [4.69, 9.17) is 10.00 Å². The van der Waals surface area contributed by atoms with Crippen LogP contribution in [0.15, 0.2) is 0 Å². The third kappa shape index (κ3) is 1.54. The van der Waals surface area contributed by atoms with Crippen molar-refractivity contribution in [3.8, 4) is 6.07 Å². The molecule has 1 atom stereocenters. The Morgan fingerprint density at radius 3 is 2.18 bits per heavy atom. The van der Waals surface area contributed by atoms with Gasteiger partial charge >= 0.3 is 0 Å². The first kappa shape index (κ1) is 8.55. The second-order valence-electron chi connectivity index (χ2n) is 3.19. The lowest BCUT2D eigenvalue weighted by molar-refractivity contribution is 0.267. The molecule has 0 radical (unpaired) electrons. The van der Waals surface area contributed by atoms with E-state index in [1.807, 2.05) is 0 Å². The van der Waals surface area contributed by atoms with Crippen LogP contribution < -0.4 is 0 Å². The van der Waals surface area contributed by atoms with E-state index in [-0.39, 0.29) is 11.7 Å². The maximum absolute atomic E-state index is 8.62. The van der Waals surface area contributed by atoms with Gasteiger partial charge in [0.2, 0.25) is 0 Å². The Morgan fingerprint density at radius 1 is 1.36 bits per heavy atom. The molecule has 1 rings (SSSR count). The highest BCUT2D eigenvalue weighted by molar-refractivity contribution is 5.13. The van der Waals surface area contributed by atoms with Crippen LogP contribution in [0.4, 0.5) is 0 Å². The first-order valence-electron chi connectivity index (χ1n) is 4.36. The van der Waals surface area contributed by atoms with Crippen LogP contribution in [-0.4, -0.2) is 11.7 Å². The van der Waals surface area contributed by atoms with E-state index < -0.39 is 0 Å². The summed E-state index contributed by atoms with van der Waals surface area (Å²) in [6.45, 7) is 4.26. The number of hydrogen-bond acceptors (Lipinski definition) is 2. The first-order chi connectivity index (χ1) is 5.29. The zero-order valence-corrected chi connectivity index (χ0v) is 7.26. The minimum absolute atomic E-state index is 0.0434. The van der Waals surface area contributed by atoms with Crippen molar-refractivity contribution in [2.45, 2.75) is 51.2 Å². The van der Waals surface area contributed by atoms with Gasteiger partial charge in [-0.15, -0.1) is 0 Å². The van der Waals surface area contributed by atoms with Gasteiger partial charge in [0, 0.05) is 0 Å². The van der Waals surface area contributed by atoms with Crippen LogP contribution in [0.5, 0.6) is 0 Å². The molecule has 0 spiro atoms. The third-order valence-electron chi connectivity index (χ3n) is 2.24. The highest BCUT2D eigenvalue weighted by Gasteiger charge is 2.55. The van der Waals surface area contributed by atoms with Crippen LogP contribution in [0.25, 0.3) is 0 Å². The molecule has 1 fully saturated rings. The van der Waals surface area contributed by atoms with Gasteiger partial charge in [-0.05, 0) is 12.8 Å². The van der Waals surface area contributed by atoms with E-state index in [2.05, 4.69) is 19.9 Å². The molecule has 0 N–H and O–H groups in total. The third-order valence-corrected chi connectivity index (χ3v) is 2.24. The van der Waals surface area contributed by atoms with E-state index in [0.29, 0.717) is 0 Å². The van der Waals surface area contributed by atoms with Crippen LogP contribution in [0.1, 0.15) is 39.5 Å². The summed E-state index contributed by atoms with van der Waals surface area (Å²) in [4.78, 5) is 0. The molecule has 2 heteroatoms. The predicted molar refractivity (Wildman–Crippen MR) is 43.0 cm³/mol. The molecule has 0 unspecified atom stereocenters. The quantitative estimate of drug-likeness (QED) is 0.581. The Labute approximate surface area is 68.2 Å². The normalized spacial score (nSPS) is 26.1. The minimum atomic E-state index is -0.109. The fourth-order valence-corrected chi connectivity index (χ4v) is 1.70. The van der Waals surface area contributed by atoms with E-state index in [1.165, 1.54) is 0 Å². The van der Waals surface area contributed by atoms with Crippen molar-refractivity contribution in [2.24, 2.45) is 0 Å². The minimum Gasteiger partial charge on any atom is -0.350 e. The molecule has 0 saturated carbocycles. The van der Waals surface area contributed by atoms with E-state index in [0.717, 1.165) is 25.7 Å². The zero-order chi connectivity index (χ0) is 8.32. The van der Waals surface area contributed by atoms with E-state index >= 15 is 0 Å². The maximum atomic E-state index is 8.62. The van der Waals surface area contributed by atoms with Gasteiger partial charge in [-0.1, -0.05) is 26.7 Å². The average Bonchev–Trinajstić information content (AvgIpc) is 2.65. The molecule has 0 bridgehead atoms. The maximum Gasteiger partial charge on any atom is 0.173 e. The molecule has 0 aromatic carbocycles. The molecule has 1 saturated heterocycles. The lowest BCUT2D eigenvalue weighted by Gasteiger charge is -2.07. The van der Waals surface area contributed by atoms with Crippen molar-refractivity contribution in [2.75, 3.05) is 0 Å². The van der Waals surface area contributed by atoms with Gasteiger partial charge in [-0.25, -0.2) is 0 Å². The first-order valence-corrected chi connectivity index (χ1v) is 4.36. The number of nitrogens with zero attached hydrogens (tertiary/aromatic N) is 1.